The fourth-order valence-electron chi connectivity index (χ4n) is 1.93. The molecule has 116 valence electrons. The lowest BCUT2D eigenvalue weighted by atomic mass is 9.87. The molecule has 0 spiro atoms. The number of rotatable bonds is 4. The van der Waals surface area contributed by atoms with Crippen LogP contribution in [0.25, 0.3) is 0 Å². The minimum atomic E-state index is 0.0106. The highest BCUT2D eigenvalue weighted by atomic mass is 79.9. The number of carbonyl (C=O) groups is 1. The van der Waals surface area contributed by atoms with Crippen molar-refractivity contribution in [1.29, 1.82) is 0 Å². The van der Waals surface area contributed by atoms with Gasteiger partial charge in [0.15, 0.2) is 0 Å². The Balaban J connectivity index is 1.88. The maximum absolute atomic E-state index is 12.0. The van der Waals surface area contributed by atoms with Crippen molar-refractivity contribution in [2.75, 3.05) is 11.1 Å². The number of amides is 1. The van der Waals surface area contributed by atoms with Gasteiger partial charge in [-0.05, 0) is 47.4 Å². The molecule has 0 aliphatic rings. The molecule has 2 aromatic carbocycles. The zero-order chi connectivity index (χ0) is 16.2. The molecule has 2 rings (SSSR count). The van der Waals surface area contributed by atoms with E-state index in [1.54, 1.807) is 0 Å². The highest BCUT2D eigenvalue weighted by molar-refractivity contribution is 9.10. The van der Waals surface area contributed by atoms with Crippen molar-refractivity contribution in [3.05, 3.63) is 58.6 Å². The predicted molar refractivity (Wildman–Crippen MR) is 98.6 cm³/mol. The number of hydrogen-bond acceptors (Lipinski definition) is 2. The summed E-state index contributed by atoms with van der Waals surface area (Å²) >= 11 is 4.93. The van der Waals surface area contributed by atoms with Crippen LogP contribution in [-0.4, -0.2) is 11.7 Å². The molecule has 0 saturated carbocycles. The lowest BCUT2D eigenvalue weighted by molar-refractivity contribution is -0.113. The Morgan fingerprint density at radius 2 is 1.64 bits per heavy atom. The topological polar surface area (TPSA) is 29.1 Å². The largest absolute Gasteiger partial charge is 0.325 e. The molecule has 0 atom stereocenters. The molecule has 1 amide bonds. The first-order valence-corrected chi connectivity index (χ1v) is 8.91. The van der Waals surface area contributed by atoms with Gasteiger partial charge in [0, 0.05) is 15.1 Å². The van der Waals surface area contributed by atoms with Crippen LogP contribution in [0.4, 0.5) is 5.69 Å². The third-order valence-electron chi connectivity index (χ3n) is 3.22. The first kappa shape index (κ1) is 17.1. The molecule has 4 heteroatoms. The second-order valence-electron chi connectivity index (χ2n) is 6.12. The summed E-state index contributed by atoms with van der Waals surface area (Å²) in [5.41, 5.74) is 2.23. The van der Waals surface area contributed by atoms with Gasteiger partial charge in [-0.2, -0.15) is 0 Å². The van der Waals surface area contributed by atoms with Crippen LogP contribution in [0, 0.1) is 0 Å². The summed E-state index contributed by atoms with van der Waals surface area (Å²) in [6, 6.07) is 16.0. The number of halogens is 1. The predicted octanol–water partition coefficient (Wildman–Crippen LogP) is 5.48. The highest BCUT2D eigenvalue weighted by Crippen LogP contribution is 2.24. The third-order valence-corrected chi connectivity index (χ3v) is 4.76. The Labute approximate surface area is 144 Å². The summed E-state index contributed by atoms with van der Waals surface area (Å²) in [7, 11) is 0. The molecule has 0 saturated heterocycles. The maximum Gasteiger partial charge on any atom is 0.234 e. The van der Waals surface area contributed by atoms with E-state index in [9.17, 15) is 4.79 Å². The van der Waals surface area contributed by atoms with Crippen LogP contribution in [0.5, 0.6) is 0 Å². The lowest BCUT2D eigenvalue weighted by Crippen LogP contribution is -2.15. The van der Waals surface area contributed by atoms with Crippen molar-refractivity contribution in [2.45, 2.75) is 31.1 Å². The van der Waals surface area contributed by atoms with E-state index < -0.39 is 0 Å². The van der Waals surface area contributed by atoms with Crippen molar-refractivity contribution in [2.24, 2.45) is 0 Å². The summed E-state index contributed by atoms with van der Waals surface area (Å²) in [5.74, 6) is 0.416. The molecule has 0 heterocycles. The van der Waals surface area contributed by atoms with Crippen molar-refractivity contribution in [3.63, 3.8) is 0 Å². The fraction of sp³-hybridized carbons (Fsp3) is 0.278. The molecule has 0 aliphatic heterocycles. The quantitative estimate of drug-likeness (QED) is 0.714. The van der Waals surface area contributed by atoms with E-state index in [1.807, 2.05) is 36.4 Å². The molecule has 2 aromatic rings. The van der Waals surface area contributed by atoms with Gasteiger partial charge >= 0.3 is 0 Å². The molecule has 22 heavy (non-hydrogen) atoms. The number of benzene rings is 2. The Morgan fingerprint density at radius 1 is 1.05 bits per heavy atom. The van der Waals surface area contributed by atoms with Gasteiger partial charge in [0.25, 0.3) is 0 Å². The molecule has 0 bridgehead atoms. The number of nitrogens with one attached hydrogen (secondary N) is 1. The van der Waals surface area contributed by atoms with Crippen molar-refractivity contribution >= 4 is 39.3 Å². The van der Waals surface area contributed by atoms with Crippen LogP contribution in [0.1, 0.15) is 26.3 Å². The lowest BCUT2D eigenvalue weighted by Gasteiger charge is -2.19. The summed E-state index contributed by atoms with van der Waals surface area (Å²) in [4.78, 5) is 13.1. The SMILES string of the molecule is CC(C)(C)c1ccc(NC(=O)CSc2ccc(Br)cc2)cc1. The standard InChI is InChI=1S/C18H20BrNOS/c1-18(2,3)13-4-8-15(9-5-13)20-17(21)12-22-16-10-6-14(19)7-11-16/h4-11H,12H2,1-3H3,(H,20,21). The normalized spacial score (nSPS) is 11.3. The van der Waals surface area contributed by atoms with Gasteiger partial charge in [0.2, 0.25) is 5.91 Å². The zero-order valence-corrected chi connectivity index (χ0v) is 15.4. The van der Waals surface area contributed by atoms with Crippen LogP contribution < -0.4 is 5.32 Å². The highest BCUT2D eigenvalue weighted by Gasteiger charge is 2.13. The molecule has 2 nitrogen and oxygen atoms in total. The van der Waals surface area contributed by atoms with E-state index in [0.29, 0.717) is 5.75 Å². The molecular formula is C18H20BrNOS. The van der Waals surface area contributed by atoms with E-state index in [4.69, 9.17) is 0 Å². The number of carbonyl (C=O) groups excluding carboxylic acids is 1. The molecule has 0 aromatic heterocycles. The second kappa shape index (κ2) is 7.34. The Morgan fingerprint density at radius 3 is 2.18 bits per heavy atom. The van der Waals surface area contributed by atoms with Gasteiger partial charge in [0.1, 0.15) is 0 Å². The first-order valence-electron chi connectivity index (χ1n) is 7.13. The van der Waals surface area contributed by atoms with E-state index >= 15 is 0 Å². The monoisotopic (exact) mass is 377 g/mol. The van der Waals surface area contributed by atoms with Gasteiger partial charge in [-0.3, -0.25) is 4.79 Å². The molecule has 0 radical (unpaired) electrons. The Bertz CT molecular complexity index is 630. The van der Waals surface area contributed by atoms with Crippen LogP contribution in [0.3, 0.4) is 0 Å². The summed E-state index contributed by atoms with van der Waals surface area (Å²) < 4.78 is 1.04. The van der Waals surface area contributed by atoms with Gasteiger partial charge in [-0.15, -0.1) is 11.8 Å². The minimum absolute atomic E-state index is 0.0106. The van der Waals surface area contributed by atoms with E-state index in [0.717, 1.165) is 15.1 Å². The van der Waals surface area contributed by atoms with Crippen LogP contribution >= 0.6 is 27.7 Å². The third kappa shape index (κ3) is 5.18. The number of hydrogen-bond donors (Lipinski definition) is 1. The Hall–Kier alpha value is -1.26. The van der Waals surface area contributed by atoms with Crippen molar-refractivity contribution in [3.8, 4) is 0 Å². The Kier molecular flexibility index (Phi) is 5.70. The van der Waals surface area contributed by atoms with Gasteiger partial charge in [-0.1, -0.05) is 48.8 Å². The van der Waals surface area contributed by atoms with Gasteiger partial charge in [0.05, 0.1) is 5.75 Å². The van der Waals surface area contributed by atoms with E-state index in [-0.39, 0.29) is 11.3 Å². The first-order chi connectivity index (χ1) is 10.3. The molecule has 0 aliphatic carbocycles. The van der Waals surface area contributed by atoms with Crippen LogP contribution in [0.2, 0.25) is 0 Å². The number of anilines is 1. The molecule has 0 fully saturated rings. The van der Waals surface area contributed by atoms with Crippen LogP contribution in [-0.2, 0) is 10.2 Å². The van der Waals surface area contributed by atoms with E-state index in [2.05, 4.69) is 54.2 Å². The second-order valence-corrected chi connectivity index (χ2v) is 8.08. The van der Waals surface area contributed by atoms with Gasteiger partial charge < -0.3 is 5.32 Å². The van der Waals surface area contributed by atoms with Crippen molar-refractivity contribution < 1.29 is 4.79 Å². The maximum atomic E-state index is 12.0. The van der Waals surface area contributed by atoms with E-state index in [1.165, 1.54) is 17.3 Å². The molecule has 0 unspecified atom stereocenters. The summed E-state index contributed by atoms with van der Waals surface area (Å²) in [6.07, 6.45) is 0. The summed E-state index contributed by atoms with van der Waals surface area (Å²) in [6.45, 7) is 6.53. The summed E-state index contributed by atoms with van der Waals surface area (Å²) in [5, 5.41) is 2.93. The van der Waals surface area contributed by atoms with Gasteiger partial charge in [-0.25, -0.2) is 0 Å². The average Bonchev–Trinajstić information content (AvgIpc) is 2.46. The van der Waals surface area contributed by atoms with Crippen LogP contribution in [0.15, 0.2) is 57.9 Å². The van der Waals surface area contributed by atoms with Crippen molar-refractivity contribution in [1.82, 2.24) is 0 Å². The minimum Gasteiger partial charge on any atom is -0.325 e. The zero-order valence-electron chi connectivity index (χ0n) is 13.0. The molecular weight excluding hydrogens is 358 g/mol. The smallest absolute Gasteiger partial charge is 0.234 e. The average molecular weight is 378 g/mol. The fourth-order valence-corrected chi connectivity index (χ4v) is 2.89. The number of thioether (sulfide) groups is 1. The molecule has 1 N–H and O–H groups in total.